The third-order valence-electron chi connectivity index (χ3n) is 3.35. The average Bonchev–Trinajstić information content (AvgIpc) is 2.21. The van der Waals surface area contributed by atoms with Crippen LogP contribution in [0.5, 0.6) is 0 Å². The number of ether oxygens (including phenoxy) is 1. The zero-order valence-electron chi connectivity index (χ0n) is 10.6. The van der Waals surface area contributed by atoms with E-state index in [4.69, 9.17) is 4.74 Å². The van der Waals surface area contributed by atoms with Gasteiger partial charge < -0.3 is 10.1 Å². The molecule has 0 amide bonds. The van der Waals surface area contributed by atoms with Crippen LogP contribution in [0.15, 0.2) is 12.1 Å². The van der Waals surface area contributed by atoms with Crippen molar-refractivity contribution in [1.82, 2.24) is 0 Å². The summed E-state index contributed by atoms with van der Waals surface area (Å²) in [5.41, 5.74) is 5.26. The largest absolute Gasteiger partial charge is 0.382 e. The van der Waals surface area contributed by atoms with E-state index in [2.05, 4.69) is 45.1 Å². The second kappa shape index (κ2) is 4.46. The van der Waals surface area contributed by atoms with Gasteiger partial charge in [0, 0.05) is 23.9 Å². The van der Waals surface area contributed by atoms with Gasteiger partial charge in [0.15, 0.2) is 0 Å². The summed E-state index contributed by atoms with van der Waals surface area (Å²) in [6.45, 7) is 9.38. The summed E-state index contributed by atoms with van der Waals surface area (Å²) in [6, 6.07) is 5.00. The maximum absolute atomic E-state index is 5.83. The molecule has 1 aliphatic rings. The smallest absolute Gasteiger partial charge is 0.0864 e. The van der Waals surface area contributed by atoms with E-state index in [0.717, 1.165) is 13.0 Å². The minimum atomic E-state index is 0.260. The fraction of sp³-hybridized carbons (Fsp3) is 0.571. The molecule has 1 aromatic carbocycles. The molecule has 2 atom stereocenters. The Morgan fingerprint density at radius 3 is 2.69 bits per heavy atom. The lowest BCUT2D eigenvalue weighted by atomic mass is 9.92. The number of aryl methyl sites for hydroxylation is 2. The molecule has 0 saturated heterocycles. The van der Waals surface area contributed by atoms with Crippen LogP contribution in [0.4, 0.5) is 5.69 Å². The first-order chi connectivity index (χ1) is 7.61. The summed E-state index contributed by atoms with van der Waals surface area (Å²) < 4.78 is 5.83. The number of benzene rings is 1. The van der Waals surface area contributed by atoms with E-state index < -0.39 is 0 Å². The number of fused-ring (bicyclic) bond motifs is 1. The molecule has 0 aliphatic carbocycles. The van der Waals surface area contributed by atoms with Gasteiger partial charge in [-0.25, -0.2) is 0 Å². The quantitative estimate of drug-likeness (QED) is 0.820. The van der Waals surface area contributed by atoms with E-state index >= 15 is 0 Å². The predicted octanol–water partition coefficient (Wildman–Crippen LogP) is 3.59. The highest BCUT2D eigenvalue weighted by Crippen LogP contribution is 2.36. The molecule has 1 N–H and O–H groups in total. The molecule has 0 fully saturated rings. The molecule has 88 valence electrons. The van der Waals surface area contributed by atoms with Crippen LogP contribution < -0.4 is 5.32 Å². The van der Waals surface area contributed by atoms with Crippen LogP contribution in [0, 0.1) is 13.8 Å². The molecular weight excluding hydrogens is 198 g/mol. The first-order valence-corrected chi connectivity index (χ1v) is 6.11. The average molecular weight is 219 g/mol. The van der Waals surface area contributed by atoms with Crippen molar-refractivity contribution in [2.45, 2.75) is 46.3 Å². The standard InChI is InChI=1S/C14H21NO/c1-5-16-14-8-11(4)15-13-7-10(3)9(2)6-12(13)14/h6-7,11,14-15H,5,8H2,1-4H3/t11-,14-/m0/s1. The van der Waals surface area contributed by atoms with Crippen LogP contribution in [0.3, 0.4) is 0 Å². The fourth-order valence-electron chi connectivity index (χ4n) is 2.36. The number of hydrogen-bond donors (Lipinski definition) is 1. The zero-order chi connectivity index (χ0) is 11.7. The van der Waals surface area contributed by atoms with Crippen molar-refractivity contribution in [2.24, 2.45) is 0 Å². The van der Waals surface area contributed by atoms with E-state index in [-0.39, 0.29) is 6.10 Å². The lowest BCUT2D eigenvalue weighted by Crippen LogP contribution is -2.27. The molecular formula is C14H21NO. The molecule has 1 aliphatic heterocycles. The molecule has 0 saturated carbocycles. The summed E-state index contributed by atoms with van der Waals surface area (Å²) in [5, 5.41) is 3.54. The Morgan fingerprint density at radius 2 is 2.00 bits per heavy atom. The van der Waals surface area contributed by atoms with Gasteiger partial charge in [0.1, 0.15) is 0 Å². The molecule has 0 radical (unpaired) electrons. The number of hydrogen-bond acceptors (Lipinski definition) is 2. The molecule has 0 bridgehead atoms. The molecule has 0 unspecified atom stereocenters. The van der Waals surface area contributed by atoms with Crippen molar-refractivity contribution >= 4 is 5.69 Å². The Balaban J connectivity index is 2.40. The minimum Gasteiger partial charge on any atom is -0.382 e. The van der Waals surface area contributed by atoms with Crippen LogP contribution in [0.2, 0.25) is 0 Å². The highest BCUT2D eigenvalue weighted by atomic mass is 16.5. The first-order valence-electron chi connectivity index (χ1n) is 6.11. The molecule has 0 spiro atoms. The van der Waals surface area contributed by atoms with Crippen molar-refractivity contribution in [3.63, 3.8) is 0 Å². The Kier molecular flexibility index (Phi) is 3.20. The van der Waals surface area contributed by atoms with E-state index in [1.165, 1.54) is 22.4 Å². The molecule has 1 aromatic rings. The van der Waals surface area contributed by atoms with Crippen LogP contribution in [-0.4, -0.2) is 12.6 Å². The predicted molar refractivity (Wildman–Crippen MR) is 68.0 cm³/mol. The van der Waals surface area contributed by atoms with Crippen LogP contribution in [0.25, 0.3) is 0 Å². The Morgan fingerprint density at radius 1 is 1.31 bits per heavy atom. The SMILES string of the molecule is CCO[C@H]1C[C@H](C)Nc2cc(C)c(C)cc21. The van der Waals surface area contributed by atoms with Gasteiger partial charge in [-0.3, -0.25) is 0 Å². The zero-order valence-corrected chi connectivity index (χ0v) is 10.6. The Hall–Kier alpha value is -1.02. The van der Waals surface area contributed by atoms with Crippen molar-refractivity contribution < 1.29 is 4.74 Å². The summed E-state index contributed by atoms with van der Waals surface area (Å²) in [6.07, 6.45) is 1.32. The summed E-state index contributed by atoms with van der Waals surface area (Å²) >= 11 is 0. The van der Waals surface area contributed by atoms with Gasteiger partial charge in [0.05, 0.1) is 6.10 Å². The van der Waals surface area contributed by atoms with Gasteiger partial charge in [-0.2, -0.15) is 0 Å². The number of rotatable bonds is 2. The fourth-order valence-corrected chi connectivity index (χ4v) is 2.36. The van der Waals surface area contributed by atoms with Crippen molar-refractivity contribution in [2.75, 3.05) is 11.9 Å². The highest BCUT2D eigenvalue weighted by Gasteiger charge is 2.24. The minimum absolute atomic E-state index is 0.260. The molecule has 2 rings (SSSR count). The van der Waals surface area contributed by atoms with E-state index in [9.17, 15) is 0 Å². The maximum Gasteiger partial charge on any atom is 0.0864 e. The Bertz CT molecular complexity index is 387. The first kappa shape index (κ1) is 11.5. The maximum atomic E-state index is 5.83. The molecule has 1 heterocycles. The highest BCUT2D eigenvalue weighted by molar-refractivity contribution is 5.58. The summed E-state index contributed by atoms with van der Waals surface area (Å²) in [4.78, 5) is 0. The summed E-state index contributed by atoms with van der Waals surface area (Å²) in [5.74, 6) is 0. The van der Waals surface area contributed by atoms with E-state index in [0.29, 0.717) is 6.04 Å². The second-order valence-corrected chi connectivity index (χ2v) is 4.75. The third kappa shape index (κ3) is 2.07. The topological polar surface area (TPSA) is 21.3 Å². The van der Waals surface area contributed by atoms with E-state index in [1.807, 2.05) is 0 Å². The van der Waals surface area contributed by atoms with Crippen LogP contribution in [0.1, 0.15) is 43.1 Å². The van der Waals surface area contributed by atoms with Crippen molar-refractivity contribution in [3.05, 3.63) is 28.8 Å². The Labute approximate surface area is 98.0 Å². The number of anilines is 1. The van der Waals surface area contributed by atoms with E-state index in [1.54, 1.807) is 0 Å². The normalized spacial score (nSPS) is 23.8. The lowest BCUT2D eigenvalue weighted by Gasteiger charge is -2.32. The van der Waals surface area contributed by atoms with Gasteiger partial charge in [-0.15, -0.1) is 0 Å². The molecule has 2 nitrogen and oxygen atoms in total. The number of nitrogens with one attached hydrogen (secondary N) is 1. The molecule has 0 aromatic heterocycles. The van der Waals surface area contributed by atoms with Gasteiger partial charge in [-0.1, -0.05) is 6.07 Å². The molecule has 2 heteroatoms. The van der Waals surface area contributed by atoms with Crippen molar-refractivity contribution in [1.29, 1.82) is 0 Å². The van der Waals surface area contributed by atoms with Gasteiger partial charge in [0.2, 0.25) is 0 Å². The van der Waals surface area contributed by atoms with Gasteiger partial charge in [-0.05, 0) is 51.3 Å². The van der Waals surface area contributed by atoms with Crippen LogP contribution >= 0.6 is 0 Å². The monoisotopic (exact) mass is 219 g/mol. The third-order valence-corrected chi connectivity index (χ3v) is 3.35. The van der Waals surface area contributed by atoms with Crippen LogP contribution in [-0.2, 0) is 4.74 Å². The van der Waals surface area contributed by atoms with Crippen molar-refractivity contribution in [3.8, 4) is 0 Å². The lowest BCUT2D eigenvalue weighted by molar-refractivity contribution is 0.0512. The summed E-state index contributed by atoms with van der Waals surface area (Å²) in [7, 11) is 0. The molecule has 16 heavy (non-hydrogen) atoms. The van der Waals surface area contributed by atoms with Gasteiger partial charge in [0.25, 0.3) is 0 Å². The second-order valence-electron chi connectivity index (χ2n) is 4.75. The van der Waals surface area contributed by atoms with Gasteiger partial charge >= 0.3 is 0 Å².